The van der Waals surface area contributed by atoms with Crippen LogP contribution in [0, 0.1) is 11.3 Å². The fraction of sp³-hybridized carbons (Fsp3) is 0.462. The molecule has 1 saturated carbocycles. The van der Waals surface area contributed by atoms with E-state index in [0.29, 0.717) is 17.4 Å². The average molecular weight is 295 g/mol. The quantitative estimate of drug-likeness (QED) is 0.912. The first kappa shape index (κ1) is 12.4. The van der Waals surface area contributed by atoms with E-state index in [9.17, 15) is 0 Å². The molecule has 2 rings (SSSR count). The van der Waals surface area contributed by atoms with E-state index in [-0.39, 0.29) is 6.10 Å². The Morgan fingerprint density at radius 3 is 2.65 bits per heavy atom. The number of halogens is 1. The van der Waals surface area contributed by atoms with E-state index in [1.54, 1.807) is 6.07 Å². The van der Waals surface area contributed by atoms with Crippen LogP contribution in [0.4, 0.5) is 0 Å². The van der Waals surface area contributed by atoms with Crippen LogP contribution in [-0.4, -0.2) is 12.1 Å². The van der Waals surface area contributed by atoms with E-state index in [2.05, 4.69) is 22.0 Å². The number of rotatable bonds is 2. The van der Waals surface area contributed by atoms with E-state index in [1.807, 2.05) is 12.1 Å². The van der Waals surface area contributed by atoms with Gasteiger partial charge in [-0.05, 0) is 43.9 Å². The molecule has 0 radical (unpaired) electrons. The normalized spacial score (nSPS) is 24.1. The molecule has 2 N–H and O–H groups in total. The van der Waals surface area contributed by atoms with Crippen LogP contribution >= 0.6 is 15.9 Å². The Morgan fingerprint density at radius 1 is 1.29 bits per heavy atom. The molecular weight excluding hydrogens is 280 g/mol. The molecule has 0 heterocycles. The lowest BCUT2D eigenvalue weighted by atomic mass is 9.93. The van der Waals surface area contributed by atoms with Gasteiger partial charge in [0.05, 0.1) is 11.7 Å². The molecule has 1 aromatic carbocycles. The van der Waals surface area contributed by atoms with Crippen molar-refractivity contribution >= 4 is 15.9 Å². The second kappa shape index (κ2) is 5.52. The van der Waals surface area contributed by atoms with Crippen molar-refractivity contribution in [1.29, 1.82) is 5.26 Å². The zero-order valence-electron chi connectivity index (χ0n) is 9.53. The smallest absolute Gasteiger partial charge is 0.137 e. The maximum Gasteiger partial charge on any atom is 0.137 e. The van der Waals surface area contributed by atoms with Crippen LogP contribution in [-0.2, 0) is 0 Å². The first-order chi connectivity index (χ1) is 8.19. The van der Waals surface area contributed by atoms with Gasteiger partial charge in [0.1, 0.15) is 11.8 Å². The van der Waals surface area contributed by atoms with E-state index >= 15 is 0 Å². The Morgan fingerprint density at radius 2 is 2.00 bits per heavy atom. The molecule has 1 aliphatic rings. The zero-order valence-corrected chi connectivity index (χ0v) is 11.1. The van der Waals surface area contributed by atoms with Crippen LogP contribution in [0.25, 0.3) is 0 Å². The van der Waals surface area contributed by atoms with Crippen LogP contribution in [0.1, 0.15) is 31.2 Å². The Bertz CT molecular complexity index is 434. The van der Waals surface area contributed by atoms with Crippen molar-refractivity contribution in [1.82, 2.24) is 0 Å². The lowest BCUT2D eigenvalue weighted by Gasteiger charge is -2.27. The van der Waals surface area contributed by atoms with Gasteiger partial charge in [-0.15, -0.1) is 0 Å². The first-order valence-corrected chi connectivity index (χ1v) is 6.60. The standard InChI is InChI=1S/C13H15BrN2O/c14-10-1-6-13(9(7-10)8-15)17-12-4-2-11(16)3-5-12/h1,6-7,11-12H,2-5,16H2. The number of nitrogens with zero attached hydrogens (tertiary/aromatic N) is 1. The molecule has 0 unspecified atom stereocenters. The Labute approximate surface area is 110 Å². The molecule has 3 nitrogen and oxygen atoms in total. The van der Waals surface area contributed by atoms with Gasteiger partial charge in [-0.25, -0.2) is 0 Å². The second-order valence-corrected chi connectivity index (χ2v) is 5.32. The second-order valence-electron chi connectivity index (χ2n) is 4.41. The van der Waals surface area contributed by atoms with Gasteiger partial charge in [0.2, 0.25) is 0 Å². The molecule has 0 atom stereocenters. The summed E-state index contributed by atoms with van der Waals surface area (Å²) in [7, 11) is 0. The fourth-order valence-corrected chi connectivity index (χ4v) is 2.44. The minimum absolute atomic E-state index is 0.197. The Hall–Kier alpha value is -1.05. The minimum Gasteiger partial charge on any atom is -0.489 e. The number of hydrogen-bond donors (Lipinski definition) is 1. The molecule has 0 aliphatic heterocycles. The first-order valence-electron chi connectivity index (χ1n) is 5.81. The van der Waals surface area contributed by atoms with Crippen LogP contribution in [0.2, 0.25) is 0 Å². The number of benzene rings is 1. The lowest BCUT2D eigenvalue weighted by molar-refractivity contribution is 0.147. The fourth-order valence-electron chi connectivity index (χ4n) is 2.08. The number of ether oxygens (including phenoxy) is 1. The van der Waals surface area contributed by atoms with Crippen molar-refractivity contribution in [3.63, 3.8) is 0 Å². The van der Waals surface area contributed by atoms with Crippen LogP contribution in [0.15, 0.2) is 22.7 Å². The van der Waals surface area contributed by atoms with Gasteiger partial charge >= 0.3 is 0 Å². The van der Waals surface area contributed by atoms with Gasteiger partial charge in [0, 0.05) is 10.5 Å². The zero-order chi connectivity index (χ0) is 12.3. The average Bonchev–Trinajstić information content (AvgIpc) is 2.34. The highest BCUT2D eigenvalue weighted by Gasteiger charge is 2.20. The van der Waals surface area contributed by atoms with Gasteiger partial charge < -0.3 is 10.5 Å². The van der Waals surface area contributed by atoms with Crippen LogP contribution in [0.5, 0.6) is 5.75 Å². The third-order valence-electron chi connectivity index (χ3n) is 3.07. The molecule has 0 spiro atoms. The van der Waals surface area contributed by atoms with E-state index < -0.39 is 0 Å². The molecule has 90 valence electrons. The summed E-state index contributed by atoms with van der Waals surface area (Å²) in [5.74, 6) is 0.677. The highest BCUT2D eigenvalue weighted by molar-refractivity contribution is 9.10. The van der Waals surface area contributed by atoms with Crippen molar-refractivity contribution in [3.8, 4) is 11.8 Å². The SMILES string of the molecule is N#Cc1cc(Br)ccc1OC1CCC(N)CC1. The van der Waals surface area contributed by atoms with Crippen molar-refractivity contribution in [2.24, 2.45) is 5.73 Å². The molecule has 17 heavy (non-hydrogen) atoms. The lowest BCUT2D eigenvalue weighted by Crippen LogP contribution is -2.31. The van der Waals surface area contributed by atoms with Gasteiger partial charge in [0.15, 0.2) is 0 Å². The molecule has 1 fully saturated rings. The Balaban J connectivity index is 2.06. The summed E-state index contributed by atoms with van der Waals surface area (Å²) in [6, 6.07) is 7.99. The third kappa shape index (κ3) is 3.21. The molecule has 1 aliphatic carbocycles. The van der Waals surface area contributed by atoms with Crippen molar-refractivity contribution in [2.45, 2.75) is 37.8 Å². The van der Waals surface area contributed by atoms with Crippen molar-refractivity contribution in [2.75, 3.05) is 0 Å². The molecule has 1 aromatic rings. The summed E-state index contributed by atoms with van der Waals surface area (Å²) in [5.41, 5.74) is 6.43. The number of nitriles is 1. The summed E-state index contributed by atoms with van der Waals surface area (Å²) in [6.45, 7) is 0. The Kier molecular flexibility index (Phi) is 4.03. The monoisotopic (exact) mass is 294 g/mol. The summed E-state index contributed by atoms with van der Waals surface area (Å²) < 4.78 is 6.78. The van der Waals surface area contributed by atoms with E-state index in [4.69, 9.17) is 15.7 Å². The number of nitrogens with two attached hydrogens (primary N) is 1. The molecule has 0 bridgehead atoms. The van der Waals surface area contributed by atoms with Crippen LogP contribution < -0.4 is 10.5 Å². The summed E-state index contributed by atoms with van der Waals surface area (Å²) in [6.07, 6.45) is 4.15. The van der Waals surface area contributed by atoms with Gasteiger partial charge in [-0.3, -0.25) is 0 Å². The molecule has 0 aromatic heterocycles. The molecular formula is C13H15BrN2O. The van der Waals surface area contributed by atoms with Crippen molar-refractivity contribution < 1.29 is 4.74 Å². The topological polar surface area (TPSA) is 59.0 Å². The number of hydrogen-bond acceptors (Lipinski definition) is 3. The highest BCUT2D eigenvalue weighted by Crippen LogP contribution is 2.27. The van der Waals surface area contributed by atoms with Crippen LogP contribution in [0.3, 0.4) is 0 Å². The predicted molar refractivity (Wildman–Crippen MR) is 69.7 cm³/mol. The van der Waals surface area contributed by atoms with Gasteiger partial charge in [-0.2, -0.15) is 5.26 Å². The van der Waals surface area contributed by atoms with Gasteiger partial charge in [0.25, 0.3) is 0 Å². The highest BCUT2D eigenvalue weighted by atomic mass is 79.9. The predicted octanol–water partition coefficient (Wildman–Crippen LogP) is 2.97. The largest absolute Gasteiger partial charge is 0.489 e. The molecule has 0 amide bonds. The van der Waals surface area contributed by atoms with E-state index in [1.165, 1.54) is 0 Å². The van der Waals surface area contributed by atoms with Crippen molar-refractivity contribution in [3.05, 3.63) is 28.2 Å². The summed E-state index contributed by atoms with van der Waals surface area (Å²) in [5, 5.41) is 9.04. The van der Waals surface area contributed by atoms with E-state index in [0.717, 1.165) is 30.2 Å². The van der Waals surface area contributed by atoms with Gasteiger partial charge in [-0.1, -0.05) is 15.9 Å². The third-order valence-corrected chi connectivity index (χ3v) is 3.57. The summed E-state index contributed by atoms with van der Waals surface area (Å²) in [4.78, 5) is 0. The minimum atomic E-state index is 0.197. The maximum atomic E-state index is 9.04. The molecule has 4 heteroatoms. The molecule has 0 saturated heterocycles. The summed E-state index contributed by atoms with van der Waals surface area (Å²) >= 11 is 3.35. The maximum absolute atomic E-state index is 9.04.